The van der Waals surface area contributed by atoms with E-state index in [4.69, 9.17) is 10.1 Å². The van der Waals surface area contributed by atoms with Gasteiger partial charge >= 0.3 is 0 Å². The highest BCUT2D eigenvalue weighted by Gasteiger charge is 2.17. The maximum Gasteiger partial charge on any atom is 0.297 e. The number of halogens is 1. The van der Waals surface area contributed by atoms with Crippen LogP contribution in [0.5, 0.6) is 0 Å². The van der Waals surface area contributed by atoms with Crippen molar-refractivity contribution < 1.29 is 0 Å². The van der Waals surface area contributed by atoms with Crippen LogP contribution in [0.4, 0.5) is 5.69 Å². The van der Waals surface area contributed by atoms with Gasteiger partial charge in [0.05, 0.1) is 22.8 Å². The first-order valence-electron chi connectivity index (χ1n) is 11.4. The molecule has 5 aromatic rings. The largest absolute Gasteiger partial charge is 0.297 e. The molecular weight excluding hydrogens is 534 g/mol. The molecule has 0 aliphatic rings. The normalized spacial score (nSPS) is 12.3. The van der Waals surface area contributed by atoms with Gasteiger partial charge in [-0.05, 0) is 32.0 Å². The highest BCUT2D eigenvalue weighted by molar-refractivity contribution is 9.10. The van der Waals surface area contributed by atoms with Crippen molar-refractivity contribution in [1.82, 2.24) is 14.0 Å². The zero-order valence-corrected chi connectivity index (χ0v) is 22.5. The van der Waals surface area contributed by atoms with Gasteiger partial charge in [-0.3, -0.25) is 9.48 Å². The Balaban J connectivity index is 1.74. The molecular formula is C28H24BrN5OS. The highest BCUT2D eigenvalue weighted by Crippen LogP contribution is 2.23. The Morgan fingerprint density at radius 1 is 0.917 bits per heavy atom. The van der Waals surface area contributed by atoms with Gasteiger partial charge in [0.15, 0.2) is 5.69 Å². The molecule has 6 nitrogen and oxygen atoms in total. The van der Waals surface area contributed by atoms with E-state index in [-0.39, 0.29) is 5.56 Å². The second-order valence-corrected chi connectivity index (χ2v) is 9.96. The fraction of sp³-hybridized carbons (Fsp3) is 0.107. The van der Waals surface area contributed by atoms with E-state index in [1.165, 1.54) is 11.3 Å². The van der Waals surface area contributed by atoms with Crippen molar-refractivity contribution in [3.05, 3.63) is 121 Å². The van der Waals surface area contributed by atoms with Gasteiger partial charge in [-0.2, -0.15) is 5.10 Å². The van der Waals surface area contributed by atoms with Gasteiger partial charge < -0.3 is 0 Å². The lowest BCUT2D eigenvalue weighted by Gasteiger charge is -2.07. The van der Waals surface area contributed by atoms with Gasteiger partial charge in [0.2, 0.25) is 4.80 Å². The second-order valence-electron chi connectivity index (χ2n) is 8.27. The number of nitrogens with zero attached hydrogens (tertiary/aromatic N) is 5. The molecule has 2 aromatic heterocycles. The maximum atomic E-state index is 13.5. The van der Waals surface area contributed by atoms with Crippen LogP contribution in [0.3, 0.4) is 0 Å². The number of rotatable bonds is 5. The van der Waals surface area contributed by atoms with Crippen LogP contribution in [-0.2, 0) is 7.05 Å². The summed E-state index contributed by atoms with van der Waals surface area (Å²) in [7, 11) is 1.87. The molecule has 5 rings (SSSR count). The molecule has 0 atom stereocenters. The lowest BCUT2D eigenvalue weighted by molar-refractivity contribution is 0.630. The molecule has 0 unspecified atom stereocenters. The van der Waals surface area contributed by atoms with Gasteiger partial charge in [-0.15, -0.1) is 11.3 Å². The van der Waals surface area contributed by atoms with Gasteiger partial charge in [-0.1, -0.05) is 82.7 Å². The number of para-hydroxylation sites is 1. The monoisotopic (exact) mass is 557 g/mol. The lowest BCUT2D eigenvalue weighted by Crippen LogP contribution is -2.20. The lowest BCUT2D eigenvalue weighted by atomic mass is 10.1. The third-order valence-electron chi connectivity index (χ3n) is 6.00. The molecule has 0 amide bonds. The summed E-state index contributed by atoms with van der Waals surface area (Å²) >= 11 is 5.09. The van der Waals surface area contributed by atoms with Crippen molar-refractivity contribution >= 4 is 38.7 Å². The Morgan fingerprint density at radius 2 is 1.56 bits per heavy atom. The van der Waals surface area contributed by atoms with Gasteiger partial charge in [0.25, 0.3) is 5.56 Å². The van der Waals surface area contributed by atoms with Crippen LogP contribution in [0.1, 0.15) is 18.2 Å². The minimum absolute atomic E-state index is 0.172. The number of thiazole rings is 1. The molecule has 0 saturated carbocycles. The summed E-state index contributed by atoms with van der Waals surface area (Å²) in [6, 6.07) is 27.6. The molecule has 0 aliphatic carbocycles. The zero-order chi connectivity index (χ0) is 25.2. The molecule has 0 saturated heterocycles. The quantitative estimate of drug-likeness (QED) is 0.234. The van der Waals surface area contributed by atoms with E-state index in [1.807, 2.05) is 121 Å². The maximum absolute atomic E-state index is 13.5. The summed E-state index contributed by atoms with van der Waals surface area (Å²) in [4.78, 5) is 19.0. The molecule has 0 bridgehead atoms. The Bertz CT molecular complexity index is 1690. The molecule has 3 aromatic carbocycles. The summed E-state index contributed by atoms with van der Waals surface area (Å²) in [5.41, 5.74) is 5.53. The average molecular weight is 559 g/mol. The Hall–Kier alpha value is -3.75. The van der Waals surface area contributed by atoms with Gasteiger partial charge in [0, 0.05) is 28.0 Å². The third-order valence-corrected chi connectivity index (χ3v) is 7.51. The van der Waals surface area contributed by atoms with E-state index >= 15 is 0 Å². The number of benzene rings is 3. The smallest absolute Gasteiger partial charge is 0.283 e. The van der Waals surface area contributed by atoms with Crippen LogP contribution >= 0.6 is 27.3 Å². The topological polar surface area (TPSA) is 56.6 Å². The summed E-state index contributed by atoms with van der Waals surface area (Å²) < 4.78 is 6.27. The number of hydrogen-bond acceptors (Lipinski definition) is 4. The molecule has 180 valence electrons. The minimum atomic E-state index is -0.172. The number of aromatic nitrogens is 3. The fourth-order valence-corrected chi connectivity index (χ4v) is 5.43. The zero-order valence-electron chi connectivity index (χ0n) is 20.1. The van der Waals surface area contributed by atoms with Crippen LogP contribution in [0, 0.1) is 6.92 Å². The average Bonchev–Trinajstić information content (AvgIpc) is 3.38. The Labute approximate surface area is 221 Å². The molecule has 0 spiro atoms. The van der Waals surface area contributed by atoms with Crippen molar-refractivity contribution in [1.29, 1.82) is 0 Å². The third kappa shape index (κ3) is 4.45. The minimum Gasteiger partial charge on any atom is -0.283 e. The summed E-state index contributed by atoms with van der Waals surface area (Å²) in [5.74, 6) is 0. The van der Waals surface area contributed by atoms with Crippen molar-refractivity contribution in [2.45, 2.75) is 13.8 Å². The molecule has 0 aliphatic heterocycles. The van der Waals surface area contributed by atoms with Crippen molar-refractivity contribution in [3.63, 3.8) is 0 Å². The summed E-state index contributed by atoms with van der Waals surface area (Å²) in [6.45, 7) is 3.88. The molecule has 0 radical (unpaired) electrons. The van der Waals surface area contributed by atoms with Gasteiger partial charge in [-0.25, -0.2) is 14.4 Å². The van der Waals surface area contributed by atoms with E-state index in [0.29, 0.717) is 10.5 Å². The van der Waals surface area contributed by atoms with E-state index in [1.54, 1.807) is 4.68 Å². The van der Waals surface area contributed by atoms with E-state index in [2.05, 4.69) is 15.9 Å². The molecule has 2 heterocycles. The Kier molecular flexibility index (Phi) is 6.71. The van der Waals surface area contributed by atoms with Crippen LogP contribution in [0.25, 0.3) is 16.9 Å². The van der Waals surface area contributed by atoms with E-state index in [9.17, 15) is 4.79 Å². The van der Waals surface area contributed by atoms with Crippen molar-refractivity contribution in [2.75, 3.05) is 0 Å². The van der Waals surface area contributed by atoms with E-state index in [0.717, 1.165) is 38.4 Å². The first-order valence-corrected chi connectivity index (χ1v) is 13.1. The SMILES string of the molecule is CC(=Nn1c(-c2ccccc2)csc1=Nc1c(C)n(C)n(-c2ccccc2)c1=O)c1ccccc1Br. The van der Waals surface area contributed by atoms with Crippen LogP contribution in [0.2, 0.25) is 0 Å². The Morgan fingerprint density at radius 3 is 2.25 bits per heavy atom. The van der Waals surface area contributed by atoms with Crippen LogP contribution in [0.15, 0.2) is 110 Å². The first kappa shape index (κ1) is 24.0. The predicted octanol–water partition coefficient (Wildman–Crippen LogP) is 6.28. The first-order chi connectivity index (χ1) is 17.5. The summed E-state index contributed by atoms with van der Waals surface area (Å²) in [5, 5.41) is 7.00. The van der Waals surface area contributed by atoms with E-state index < -0.39 is 0 Å². The fourth-order valence-electron chi connectivity index (χ4n) is 4.02. The molecule has 36 heavy (non-hydrogen) atoms. The van der Waals surface area contributed by atoms with Crippen LogP contribution < -0.4 is 10.4 Å². The van der Waals surface area contributed by atoms with Crippen molar-refractivity contribution in [2.24, 2.45) is 17.1 Å². The molecule has 8 heteroatoms. The standard InChI is InChI=1S/C28H24BrN5OS/c1-19(23-16-10-11-17-24(23)29)31-33-25(21-12-6-4-7-13-21)18-36-28(33)30-26-20(2)32(3)34(27(26)35)22-14-8-5-9-15-22/h4-18H,1-3H3. The number of hydrogen-bond donors (Lipinski definition) is 0. The highest BCUT2D eigenvalue weighted by atomic mass is 79.9. The van der Waals surface area contributed by atoms with Crippen LogP contribution in [-0.4, -0.2) is 19.8 Å². The summed E-state index contributed by atoms with van der Waals surface area (Å²) in [6.07, 6.45) is 0. The van der Waals surface area contributed by atoms with Crippen molar-refractivity contribution in [3.8, 4) is 16.9 Å². The molecule has 0 fully saturated rings. The molecule has 0 N–H and O–H groups in total. The predicted molar refractivity (Wildman–Crippen MR) is 150 cm³/mol. The van der Waals surface area contributed by atoms with Gasteiger partial charge in [0.1, 0.15) is 0 Å². The second kappa shape index (κ2) is 10.1.